The summed E-state index contributed by atoms with van der Waals surface area (Å²) in [4.78, 5) is 0. The van der Waals surface area contributed by atoms with Gasteiger partial charge >= 0.3 is 0 Å². The van der Waals surface area contributed by atoms with Gasteiger partial charge in [-0.25, -0.2) is 5.90 Å². The second-order valence-electron chi connectivity index (χ2n) is 1.20. The molecule has 0 aliphatic heterocycles. The molecular formula is C6H20N2O4. The fraction of sp³-hybridized carbons (Fsp3) is 0.667. The zero-order chi connectivity index (χ0) is 9.54. The molecule has 0 saturated heterocycles. The molecule has 0 aromatic carbocycles. The number of aliphatic hydroxyl groups is 2. The van der Waals surface area contributed by atoms with E-state index in [-0.39, 0.29) is 18.7 Å². The third-order valence-corrected chi connectivity index (χ3v) is 0.577. The van der Waals surface area contributed by atoms with Crippen molar-refractivity contribution in [3.8, 4) is 0 Å². The first-order valence-corrected chi connectivity index (χ1v) is 3.10. The van der Waals surface area contributed by atoms with E-state index in [1.54, 1.807) is 0 Å². The minimum atomic E-state index is 0. The van der Waals surface area contributed by atoms with E-state index in [1.165, 1.54) is 0 Å². The maximum atomic E-state index is 8.15. The summed E-state index contributed by atoms with van der Waals surface area (Å²) in [5, 5.41) is 25.6. The van der Waals surface area contributed by atoms with Gasteiger partial charge in [0.25, 0.3) is 0 Å². The van der Waals surface area contributed by atoms with Gasteiger partial charge in [-0.1, -0.05) is 0 Å². The first kappa shape index (κ1) is 22.5. The third kappa shape index (κ3) is 56.0. The molecule has 0 bridgehead atoms. The van der Waals surface area contributed by atoms with Crippen LogP contribution in [0.25, 0.3) is 0 Å². The van der Waals surface area contributed by atoms with Gasteiger partial charge in [-0.15, -0.1) is 13.2 Å². The first-order valence-electron chi connectivity index (χ1n) is 3.10. The van der Waals surface area contributed by atoms with E-state index in [0.29, 0.717) is 13.1 Å². The molecule has 78 valence electrons. The van der Waals surface area contributed by atoms with Crippen LogP contribution in [0, 0.1) is 0 Å². The average Bonchev–Trinajstić information content (AvgIpc) is 2.13. The number of rotatable bonds is 4. The molecule has 0 radical (unpaired) electrons. The van der Waals surface area contributed by atoms with Crippen LogP contribution in [0.5, 0.6) is 0 Å². The molecule has 6 nitrogen and oxygen atoms in total. The van der Waals surface area contributed by atoms with Gasteiger partial charge < -0.3 is 26.2 Å². The van der Waals surface area contributed by atoms with E-state index >= 15 is 0 Å². The highest BCUT2D eigenvalue weighted by Gasteiger charge is 1.78. The van der Waals surface area contributed by atoms with E-state index < -0.39 is 0 Å². The Bertz CT molecular complexity index is 44.5. The molecule has 0 aromatic rings. The van der Waals surface area contributed by atoms with Crippen LogP contribution in [0.1, 0.15) is 0 Å². The predicted molar refractivity (Wildman–Crippen MR) is 47.9 cm³/mol. The molecule has 6 heteroatoms. The second-order valence-corrected chi connectivity index (χ2v) is 1.20. The molecule has 0 heterocycles. The third-order valence-electron chi connectivity index (χ3n) is 0.577. The molecule has 0 spiro atoms. The van der Waals surface area contributed by atoms with Crippen LogP contribution in [0.3, 0.4) is 0 Å². The van der Waals surface area contributed by atoms with Crippen molar-refractivity contribution in [3.63, 3.8) is 0 Å². The first-order chi connectivity index (χ1) is 5.41. The van der Waals surface area contributed by atoms with Crippen LogP contribution in [0.2, 0.25) is 0 Å². The molecule has 0 fully saturated rings. The fourth-order valence-electron chi connectivity index (χ4n) is 0.283. The topological polar surface area (TPSA) is 130 Å². The van der Waals surface area contributed by atoms with Gasteiger partial charge in [0.1, 0.15) is 0 Å². The number of aliphatic hydroxyl groups excluding tert-OH is 2. The number of hydrogen-bond acceptors (Lipinski definition) is 5. The number of nitrogens with two attached hydrogens (primary N) is 1. The zero-order valence-corrected chi connectivity index (χ0v) is 7.16. The normalized spacial score (nSPS) is 6.33. The molecule has 0 saturated carbocycles. The molecule has 12 heavy (non-hydrogen) atoms. The molecule has 0 aromatic heterocycles. The van der Waals surface area contributed by atoms with E-state index in [0.717, 1.165) is 0 Å². The smallest absolute Gasteiger partial charge is 0.0555 e. The summed E-state index contributed by atoms with van der Waals surface area (Å²) in [6.45, 7) is 7.42. The molecule has 0 unspecified atom stereocenters. The van der Waals surface area contributed by atoms with Crippen molar-refractivity contribution in [1.82, 2.24) is 5.32 Å². The standard InChI is InChI=1S/C4H11NO2.C2H4.H3NO.H2O/c6-3-1-5-2-4-7;2*1-2;/h5-7H,1-4H2;1-2H2;2H,1H2;1H2. The van der Waals surface area contributed by atoms with Crippen molar-refractivity contribution >= 4 is 0 Å². The Morgan fingerprint density at radius 3 is 1.42 bits per heavy atom. The van der Waals surface area contributed by atoms with Gasteiger partial charge in [0.05, 0.1) is 13.2 Å². The highest BCUT2D eigenvalue weighted by atomic mass is 16.4. The Hall–Kier alpha value is -0.500. The Labute approximate surface area is 72.6 Å². The maximum Gasteiger partial charge on any atom is 0.0555 e. The molecule has 0 aliphatic rings. The van der Waals surface area contributed by atoms with Crippen molar-refractivity contribution in [2.24, 2.45) is 5.90 Å². The lowest BCUT2D eigenvalue weighted by Crippen LogP contribution is -2.21. The largest absolute Gasteiger partial charge is 0.412 e. The Morgan fingerprint density at radius 1 is 1.00 bits per heavy atom. The Kier molecular flexibility index (Phi) is 87.9. The van der Waals surface area contributed by atoms with Crippen LogP contribution >= 0.6 is 0 Å². The summed E-state index contributed by atoms with van der Waals surface area (Å²) in [5.74, 6) is 3.50. The predicted octanol–water partition coefficient (Wildman–Crippen LogP) is -2.13. The summed E-state index contributed by atoms with van der Waals surface area (Å²) in [5.41, 5.74) is 0. The van der Waals surface area contributed by atoms with Crippen LogP contribution in [0.4, 0.5) is 0 Å². The SMILES string of the molecule is C=C.NO.O.OCCNCCO. The van der Waals surface area contributed by atoms with Crippen molar-refractivity contribution in [2.75, 3.05) is 26.3 Å². The Balaban J connectivity index is -0.0000000560. The lowest BCUT2D eigenvalue weighted by Gasteiger charge is -1.94. The van der Waals surface area contributed by atoms with Crippen molar-refractivity contribution < 1.29 is 20.9 Å². The monoisotopic (exact) mass is 184 g/mol. The molecule has 0 aliphatic carbocycles. The maximum absolute atomic E-state index is 8.15. The molecular weight excluding hydrogens is 164 g/mol. The van der Waals surface area contributed by atoms with Gasteiger partial charge in [-0.3, -0.25) is 0 Å². The minimum absolute atomic E-state index is 0. The lowest BCUT2D eigenvalue weighted by molar-refractivity contribution is 0.266. The average molecular weight is 184 g/mol. The number of hydrogen-bond donors (Lipinski definition) is 5. The quantitative estimate of drug-likeness (QED) is 0.193. The minimum Gasteiger partial charge on any atom is -0.412 e. The van der Waals surface area contributed by atoms with Gasteiger partial charge in [-0.2, -0.15) is 0 Å². The van der Waals surface area contributed by atoms with E-state index in [9.17, 15) is 0 Å². The summed E-state index contributed by atoms with van der Waals surface area (Å²) in [7, 11) is 0. The van der Waals surface area contributed by atoms with Crippen LogP contribution < -0.4 is 11.2 Å². The van der Waals surface area contributed by atoms with Gasteiger partial charge in [0, 0.05) is 13.1 Å². The van der Waals surface area contributed by atoms with Gasteiger partial charge in [0.15, 0.2) is 0 Å². The summed E-state index contributed by atoms with van der Waals surface area (Å²) in [6.07, 6.45) is 0. The van der Waals surface area contributed by atoms with Crippen molar-refractivity contribution in [3.05, 3.63) is 13.2 Å². The van der Waals surface area contributed by atoms with Crippen LogP contribution in [-0.4, -0.2) is 47.2 Å². The zero-order valence-electron chi connectivity index (χ0n) is 7.16. The van der Waals surface area contributed by atoms with Crippen LogP contribution in [0.15, 0.2) is 13.2 Å². The molecule has 0 amide bonds. The summed E-state index contributed by atoms with van der Waals surface area (Å²) >= 11 is 0. The highest BCUT2D eigenvalue weighted by molar-refractivity contribution is 4.39. The van der Waals surface area contributed by atoms with Gasteiger partial charge in [-0.05, 0) is 0 Å². The van der Waals surface area contributed by atoms with Gasteiger partial charge in [0.2, 0.25) is 0 Å². The Morgan fingerprint density at radius 2 is 1.25 bits per heavy atom. The molecule has 8 N–H and O–H groups in total. The van der Waals surface area contributed by atoms with Crippen LogP contribution in [-0.2, 0) is 0 Å². The second kappa shape index (κ2) is 46.8. The van der Waals surface area contributed by atoms with Crippen molar-refractivity contribution in [2.45, 2.75) is 0 Å². The fourth-order valence-corrected chi connectivity index (χ4v) is 0.283. The van der Waals surface area contributed by atoms with E-state index in [2.05, 4.69) is 24.4 Å². The molecule has 0 atom stereocenters. The summed E-state index contributed by atoms with van der Waals surface area (Å²) < 4.78 is 0. The van der Waals surface area contributed by atoms with E-state index in [1.807, 2.05) is 0 Å². The van der Waals surface area contributed by atoms with Crippen molar-refractivity contribution in [1.29, 1.82) is 0 Å². The van der Waals surface area contributed by atoms with E-state index in [4.69, 9.17) is 15.4 Å². The molecule has 0 rings (SSSR count). The summed E-state index contributed by atoms with van der Waals surface area (Å²) in [6, 6.07) is 0. The lowest BCUT2D eigenvalue weighted by atomic mass is 10.6. The highest BCUT2D eigenvalue weighted by Crippen LogP contribution is 1.54. The number of nitrogens with one attached hydrogen (secondary N) is 1.